The van der Waals surface area contributed by atoms with Gasteiger partial charge in [0, 0.05) is 22.6 Å². The Balaban J connectivity index is 2.31. The minimum absolute atomic E-state index is 0.0354. The van der Waals surface area contributed by atoms with E-state index in [0.29, 0.717) is 11.3 Å². The fourth-order valence-electron chi connectivity index (χ4n) is 1.61. The molecule has 21 heavy (non-hydrogen) atoms. The van der Waals surface area contributed by atoms with Crippen LogP contribution in [0.5, 0.6) is 0 Å². The number of H-pyrrole nitrogens is 1. The van der Waals surface area contributed by atoms with Gasteiger partial charge < -0.3 is 10.7 Å². The maximum Gasteiger partial charge on any atom is 0.304 e. The third-order valence-corrected chi connectivity index (χ3v) is 5.53. The van der Waals surface area contributed by atoms with Crippen LogP contribution in [0.4, 0.5) is 0 Å². The fourth-order valence-corrected chi connectivity index (χ4v) is 4.14. The Hall–Kier alpha value is -0.900. The van der Waals surface area contributed by atoms with Gasteiger partial charge in [-0.05, 0) is 17.7 Å². The number of sulfonamides is 1. The van der Waals surface area contributed by atoms with Crippen LogP contribution in [-0.2, 0) is 23.1 Å². The Labute approximate surface area is 134 Å². The first-order valence-corrected chi connectivity index (χ1v) is 8.79. The van der Waals surface area contributed by atoms with Gasteiger partial charge in [0.2, 0.25) is 10.0 Å². The van der Waals surface area contributed by atoms with Crippen LogP contribution >= 0.6 is 34.5 Å². The Bertz CT molecular complexity index is 814. The van der Waals surface area contributed by atoms with Gasteiger partial charge >= 0.3 is 4.87 Å². The standard InChI is InChI=1S/C11H11Cl2N3O3S2/c12-7-1-6(3-14)10(13)9(2-7)21(18,19)15-4-8-5-20-11(17)16-8/h1-2,5,15H,3-4,14H2,(H,16,17). The second-order valence-electron chi connectivity index (χ2n) is 4.08. The summed E-state index contributed by atoms with van der Waals surface area (Å²) in [5.41, 5.74) is 6.40. The highest BCUT2D eigenvalue weighted by Gasteiger charge is 2.21. The van der Waals surface area contributed by atoms with Crippen LogP contribution in [0.3, 0.4) is 0 Å². The molecule has 0 bridgehead atoms. The lowest BCUT2D eigenvalue weighted by Gasteiger charge is -2.11. The second kappa shape index (κ2) is 6.47. The lowest BCUT2D eigenvalue weighted by Crippen LogP contribution is -2.24. The fraction of sp³-hybridized carbons (Fsp3) is 0.182. The molecule has 10 heteroatoms. The van der Waals surface area contributed by atoms with Crippen LogP contribution < -0.4 is 15.3 Å². The van der Waals surface area contributed by atoms with Crippen LogP contribution in [0.1, 0.15) is 11.3 Å². The van der Waals surface area contributed by atoms with E-state index in [0.717, 1.165) is 11.3 Å². The maximum absolute atomic E-state index is 12.3. The average Bonchev–Trinajstić information content (AvgIpc) is 2.84. The Kier molecular flexibility index (Phi) is 5.07. The molecule has 0 amide bonds. The molecular formula is C11H11Cl2N3O3S2. The normalized spacial score (nSPS) is 11.8. The third-order valence-electron chi connectivity index (χ3n) is 2.61. The highest BCUT2D eigenvalue weighted by Crippen LogP contribution is 2.29. The van der Waals surface area contributed by atoms with Gasteiger partial charge in [-0.15, -0.1) is 0 Å². The molecular weight excluding hydrogens is 357 g/mol. The van der Waals surface area contributed by atoms with Gasteiger partial charge in [0.1, 0.15) is 4.90 Å². The monoisotopic (exact) mass is 367 g/mol. The number of benzene rings is 1. The van der Waals surface area contributed by atoms with Crippen LogP contribution in [0.2, 0.25) is 10.0 Å². The molecule has 0 radical (unpaired) electrons. The highest BCUT2D eigenvalue weighted by atomic mass is 35.5. The number of nitrogens with two attached hydrogens (primary N) is 1. The first-order valence-electron chi connectivity index (χ1n) is 5.68. The van der Waals surface area contributed by atoms with Gasteiger partial charge in [0.15, 0.2) is 0 Å². The predicted octanol–water partition coefficient (Wildman–Crippen LogP) is 1.68. The molecule has 6 nitrogen and oxygen atoms in total. The quantitative estimate of drug-likeness (QED) is 0.747. The summed E-state index contributed by atoms with van der Waals surface area (Å²) in [6.07, 6.45) is 0. The number of aromatic nitrogens is 1. The number of thiazole rings is 1. The molecule has 2 rings (SSSR count). The second-order valence-corrected chi connectivity index (χ2v) is 7.47. The van der Waals surface area contributed by atoms with E-state index in [9.17, 15) is 13.2 Å². The van der Waals surface area contributed by atoms with Gasteiger partial charge in [-0.2, -0.15) is 0 Å². The minimum atomic E-state index is -3.87. The lowest BCUT2D eigenvalue weighted by atomic mass is 10.2. The first-order chi connectivity index (χ1) is 9.83. The van der Waals surface area contributed by atoms with Crippen molar-refractivity contribution in [2.45, 2.75) is 18.0 Å². The molecule has 0 atom stereocenters. The van der Waals surface area contributed by atoms with E-state index in [2.05, 4.69) is 9.71 Å². The third kappa shape index (κ3) is 3.85. The predicted molar refractivity (Wildman–Crippen MR) is 83.3 cm³/mol. The zero-order valence-electron chi connectivity index (χ0n) is 10.5. The molecule has 1 heterocycles. The van der Waals surface area contributed by atoms with Crippen molar-refractivity contribution >= 4 is 44.6 Å². The van der Waals surface area contributed by atoms with Crippen molar-refractivity contribution in [3.8, 4) is 0 Å². The molecule has 0 fully saturated rings. The number of rotatable bonds is 5. The average molecular weight is 368 g/mol. The summed E-state index contributed by atoms with van der Waals surface area (Å²) in [7, 11) is -3.87. The molecule has 0 saturated heterocycles. The Morgan fingerprint density at radius 3 is 2.62 bits per heavy atom. The van der Waals surface area contributed by atoms with E-state index < -0.39 is 10.0 Å². The Morgan fingerprint density at radius 2 is 2.05 bits per heavy atom. The van der Waals surface area contributed by atoms with Crippen LogP contribution in [0, 0.1) is 0 Å². The number of aromatic amines is 1. The molecule has 1 aromatic carbocycles. The van der Waals surface area contributed by atoms with Crippen molar-refractivity contribution in [3.63, 3.8) is 0 Å². The number of nitrogens with one attached hydrogen (secondary N) is 2. The summed E-state index contributed by atoms with van der Waals surface area (Å²) < 4.78 is 26.9. The van der Waals surface area contributed by atoms with Crippen molar-refractivity contribution in [1.29, 1.82) is 0 Å². The summed E-state index contributed by atoms with van der Waals surface area (Å²) in [5, 5.41) is 1.80. The van der Waals surface area contributed by atoms with Crippen molar-refractivity contribution in [1.82, 2.24) is 9.71 Å². The number of hydrogen-bond acceptors (Lipinski definition) is 5. The number of hydrogen-bond donors (Lipinski definition) is 3. The SMILES string of the molecule is NCc1cc(Cl)cc(S(=O)(=O)NCc2csc(=O)[nH]2)c1Cl. The highest BCUT2D eigenvalue weighted by molar-refractivity contribution is 7.89. The van der Waals surface area contributed by atoms with Crippen LogP contribution in [0.15, 0.2) is 27.2 Å². The lowest BCUT2D eigenvalue weighted by molar-refractivity contribution is 0.580. The van der Waals surface area contributed by atoms with Gasteiger partial charge in [0.25, 0.3) is 0 Å². The summed E-state index contributed by atoms with van der Waals surface area (Å²) >= 11 is 12.9. The van der Waals surface area contributed by atoms with E-state index in [4.69, 9.17) is 28.9 Å². The van der Waals surface area contributed by atoms with Crippen molar-refractivity contribution < 1.29 is 8.42 Å². The molecule has 0 aliphatic heterocycles. The molecule has 1 aromatic heterocycles. The van der Waals surface area contributed by atoms with Crippen LogP contribution in [0.25, 0.3) is 0 Å². The maximum atomic E-state index is 12.3. The largest absolute Gasteiger partial charge is 0.326 e. The topological polar surface area (TPSA) is 105 Å². The first kappa shape index (κ1) is 16.5. The Morgan fingerprint density at radius 1 is 1.33 bits per heavy atom. The molecule has 0 saturated carbocycles. The molecule has 0 unspecified atom stereocenters. The summed E-state index contributed by atoms with van der Waals surface area (Å²) in [5.74, 6) is 0. The van der Waals surface area contributed by atoms with E-state index in [1.54, 1.807) is 0 Å². The molecule has 114 valence electrons. The molecule has 0 spiro atoms. The van der Waals surface area contributed by atoms with E-state index in [1.165, 1.54) is 17.5 Å². The van der Waals surface area contributed by atoms with Gasteiger partial charge in [0.05, 0.1) is 11.6 Å². The molecule has 0 aliphatic rings. The zero-order valence-corrected chi connectivity index (χ0v) is 13.7. The number of halogens is 2. The smallest absolute Gasteiger partial charge is 0.304 e. The summed E-state index contributed by atoms with van der Waals surface area (Å²) in [6.45, 7) is 0.0155. The summed E-state index contributed by atoms with van der Waals surface area (Å²) in [4.78, 5) is 13.1. The molecule has 0 aliphatic carbocycles. The van der Waals surface area contributed by atoms with Crippen molar-refractivity contribution in [3.05, 3.63) is 48.5 Å². The van der Waals surface area contributed by atoms with Gasteiger partial charge in [-0.3, -0.25) is 4.79 Å². The van der Waals surface area contributed by atoms with Crippen molar-refractivity contribution in [2.24, 2.45) is 5.73 Å². The van der Waals surface area contributed by atoms with Gasteiger partial charge in [-0.1, -0.05) is 34.5 Å². The summed E-state index contributed by atoms with van der Waals surface area (Å²) in [6, 6.07) is 2.76. The van der Waals surface area contributed by atoms with Gasteiger partial charge in [-0.25, -0.2) is 13.1 Å². The zero-order chi connectivity index (χ0) is 15.6. The van der Waals surface area contributed by atoms with Crippen molar-refractivity contribution in [2.75, 3.05) is 0 Å². The van der Waals surface area contributed by atoms with E-state index in [1.807, 2.05) is 0 Å². The van der Waals surface area contributed by atoms with Crippen LogP contribution in [-0.4, -0.2) is 13.4 Å². The van der Waals surface area contributed by atoms with E-state index in [-0.39, 0.29) is 32.9 Å². The minimum Gasteiger partial charge on any atom is -0.326 e. The molecule has 2 aromatic rings. The van der Waals surface area contributed by atoms with E-state index >= 15 is 0 Å². The molecule has 4 N–H and O–H groups in total.